The van der Waals surface area contributed by atoms with Crippen LogP contribution in [0.1, 0.15) is 0 Å². The first-order chi connectivity index (χ1) is 10.4. The van der Waals surface area contributed by atoms with Crippen LogP contribution >= 0.6 is 0 Å². The quantitative estimate of drug-likeness (QED) is 0.463. The van der Waals surface area contributed by atoms with Gasteiger partial charge in [-0.15, -0.1) is 4.91 Å². The van der Waals surface area contributed by atoms with Gasteiger partial charge in [0, 0.05) is 16.5 Å². The standard InChI is InChI=1S/C18H12N2O/c21-19-13-9-11-14(12-10-13)20-17-7-3-1-5-15(17)16-6-2-4-8-18(16)20/h1-12H. The van der Waals surface area contributed by atoms with Crippen LogP contribution in [0.2, 0.25) is 0 Å². The van der Waals surface area contributed by atoms with Crippen LogP contribution in [0.25, 0.3) is 27.5 Å². The van der Waals surface area contributed by atoms with Crippen molar-refractivity contribution < 1.29 is 0 Å². The van der Waals surface area contributed by atoms with Gasteiger partial charge in [-0.3, -0.25) is 0 Å². The van der Waals surface area contributed by atoms with Crippen molar-refractivity contribution in [2.75, 3.05) is 0 Å². The molecule has 0 saturated heterocycles. The van der Waals surface area contributed by atoms with Gasteiger partial charge in [0.05, 0.1) is 11.0 Å². The van der Waals surface area contributed by atoms with E-state index in [0.29, 0.717) is 5.69 Å². The highest BCUT2D eigenvalue weighted by Crippen LogP contribution is 2.32. The van der Waals surface area contributed by atoms with Gasteiger partial charge in [-0.25, -0.2) is 0 Å². The second-order valence-corrected chi connectivity index (χ2v) is 4.98. The Balaban J connectivity index is 2.11. The summed E-state index contributed by atoms with van der Waals surface area (Å²) in [5, 5.41) is 5.41. The third kappa shape index (κ3) is 1.75. The third-order valence-corrected chi connectivity index (χ3v) is 3.79. The van der Waals surface area contributed by atoms with E-state index < -0.39 is 0 Å². The number of benzene rings is 3. The Bertz CT molecular complexity index is 899. The molecule has 3 nitrogen and oxygen atoms in total. The van der Waals surface area contributed by atoms with E-state index in [4.69, 9.17) is 0 Å². The second kappa shape index (κ2) is 4.56. The van der Waals surface area contributed by atoms with Crippen LogP contribution in [0.4, 0.5) is 5.69 Å². The van der Waals surface area contributed by atoms with E-state index in [1.54, 1.807) is 12.1 Å². The highest BCUT2D eigenvalue weighted by molar-refractivity contribution is 6.09. The zero-order valence-corrected chi connectivity index (χ0v) is 11.2. The van der Waals surface area contributed by atoms with Gasteiger partial charge in [-0.1, -0.05) is 36.4 Å². The topological polar surface area (TPSA) is 34.4 Å². The maximum atomic E-state index is 10.6. The average Bonchev–Trinajstić information content (AvgIpc) is 2.90. The molecule has 4 aromatic rings. The molecular weight excluding hydrogens is 260 g/mol. The number of nitroso groups, excluding NO2 is 1. The molecule has 21 heavy (non-hydrogen) atoms. The molecule has 100 valence electrons. The minimum absolute atomic E-state index is 0.444. The van der Waals surface area contributed by atoms with Crippen molar-refractivity contribution in [3.05, 3.63) is 77.7 Å². The molecule has 3 heteroatoms. The molecule has 0 spiro atoms. The van der Waals surface area contributed by atoms with E-state index in [9.17, 15) is 4.91 Å². The van der Waals surface area contributed by atoms with Crippen molar-refractivity contribution in [2.24, 2.45) is 5.18 Å². The molecule has 3 aromatic carbocycles. The van der Waals surface area contributed by atoms with E-state index in [2.05, 4.69) is 46.1 Å². The van der Waals surface area contributed by atoms with Crippen LogP contribution in [0, 0.1) is 4.91 Å². The lowest BCUT2D eigenvalue weighted by atomic mass is 10.2. The minimum Gasteiger partial charge on any atom is -0.309 e. The van der Waals surface area contributed by atoms with Crippen molar-refractivity contribution in [2.45, 2.75) is 0 Å². The van der Waals surface area contributed by atoms with Crippen molar-refractivity contribution in [3.63, 3.8) is 0 Å². The van der Waals surface area contributed by atoms with Gasteiger partial charge < -0.3 is 4.57 Å². The van der Waals surface area contributed by atoms with Crippen molar-refractivity contribution in [3.8, 4) is 5.69 Å². The molecule has 0 aliphatic rings. The predicted octanol–water partition coefficient (Wildman–Crippen LogP) is 5.18. The average molecular weight is 272 g/mol. The van der Waals surface area contributed by atoms with E-state index in [0.717, 1.165) is 16.7 Å². The maximum absolute atomic E-state index is 10.6. The Labute approximate surface area is 121 Å². The number of hydrogen-bond acceptors (Lipinski definition) is 2. The second-order valence-electron chi connectivity index (χ2n) is 4.98. The zero-order valence-electron chi connectivity index (χ0n) is 11.2. The number of fused-ring (bicyclic) bond motifs is 3. The summed E-state index contributed by atoms with van der Waals surface area (Å²) in [6, 6.07) is 24.0. The molecule has 0 aliphatic carbocycles. The fourth-order valence-electron chi connectivity index (χ4n) is 2.86. The van der Waals surface area contributed by atoms with Crippen molar-refractivity contribution in [1.82, 2.24) is 4.57 Å². The molecule has 4 rings (SSSR count). The fourth-order valence-corrected chi connectivity index (χ4v) is 2.86. The minimum atomic E-state index is 0.444. The van der Waals surface area contributed by atoms with E-state index in [-0.39, 0.29) is 0 Å². The third-order valence-electron chi connectivity index (χ3n) is 3.79. The summed E-state index contributed by atoms with van der Waals surface area (Å²) in [5.74, 6) is 0. The molecule has 1 heterocycles. The van der Waals surface area contributed by atoms with Crippen LogP contribution in [-0.4, -0.2) is 4.57 Å². The monoisotopic (exact) mass is 272 g/mol. The zero-order chi connectivity index (χ0) is 14.2. The molecule has 0 bridgehead atoms. The van der Waals surface area contributed by atoms with Gasteiger partial charge in [0.2, 0.25) is 0 Å². The lowest BCUT2D eigenvalue weighted by molar-refractivity contribution is 1.18. The Morgan fingerprint density at radius 2 is 1.19 bits per heavy atom. The number of rotatable bonds is 2. The van der Waals surface area contributed by atoms with Crippen LogP contribution in [0.15, 0.2) is 78.0 Å². The first-order valence-corrected chi connectivity index (χ1v) is 6.80. The predicted molar refractivity (Wildman–Crippen MR) is 86.2 cm³/mol. The van der Waals surface area contributed by atoms with E-state index in [1.807, 2.05) is 24.3 Å². The van der Waals surface area contributed by atoms with Gasteiger partial charge >= 0.3 is 0 Å². The highest BCUT2D eigenvalue weighted by atomic mass is 16.3. The fraction of sp³-hybridized carbons (Fsp3) is 0. The molecule has 0 aliphatic heterocycles. The number of aromatic nitrogens is 1. The number of nitrogens with zero attached hydrogens (tertiary/aromatic N) is 2. The normalized spacial score (nSPS) is 11.0. The first kappa shape index (κ1) is 11.9. The van der Waals surface area contributed by atoms with Crippen molar-refractivity contribution >= 4 is 27.5 Å². The van der Waals surface area contributed by atoms with Gasteiger partial charge in [0.15, 0.2) is 0 Å². The Kier molecular flexibility index (Phi) is 2.57. The Hall–Kier alpha value is -2.94. The highest BCUT2D eigenvalue weighted by Gasteiger charge is 2.10. The molecule has 0 fully saturated rings. The molecule has 1 aromatic heterocycles. The summed E-state index contributed by atoms with van der Waals surface area (Å²) in [6.07, 6.45) is 0. The smallest absolute Gasteiger partial charge is 0.108 e. The summed E-state index contributed by atoms with van der Waals surface area (Å²) in [4.78, 5) is 10.6. The van der Waals surface area contributed by atoms with Crippen LogP contribution in [-0.2, 0) is 0 Å². The molecule has 0 saturated carbocycles. The molecule has 0 unspecified atom stereocenters. The molecule has 0 amide bonds. The summed E-state index contributed by atoms with van der Waals surface area (Å²) in [6.45, 7) is 0. The number of para-hydroxylation sites is 2. The van der Waals surface area contributed by atoms with Gasteiger partial charge in [0.25, 0.3) is 0 Å². The lowest BCUT2D eigenvalue weighted by Crippen LogP contribution is -1.92. The van der Waals surface area contributed by atoms with E-state index >= 15 is 0 Å². The van der Waals surface area contributed by atoms with Crippen molar-refractivity contribution in [1.29, 1.82) is 0 Å². The molecule has 0 atom stereocenters. The van der Waals surface area contributed by atoms with E-state index in [1.165, 1.54) is 10.8 Å². The van der Waals surface area contributed by atoms with Gasteiger partial charge in [-0.05, 0) is 41.6 Å². The first-order valence-electron chi connectivity index (χ1n) is 6.80. The molecule has 0 N–H and O–H groups in total. The Morgan fingerprint density at radius 1 is 0.667 bits per heavy atom. The van der Waals surface area contributed by atoms with Gasteiger partial charge in [0.1, 0.15) is 5.69 Å². The maximum Gasteiger partial charge on any atom is 0.108 e. The SMILES string of the molecule is O=Nc1ccc(-n2c3ccccc3c3ccccc32)cc1. The van der Waals surface area contributed by atoms with Crippen LogP contribution < -0.4 is 0 Å². The molecular formula is C18H12N2O. The van der Waals surface area contributed by atoms with Crippen LogP contribution in [0.3, 0.4) is 0 Å². The summed E-state index contributed by atoms with van der Waals surface area (Å²) in [5.41, 5.74) is 3.79. The largest absolute Gasteiger partial charge is 0.309 e. The summed E-state index contributed by atoms with van der Waals surface area (Å²) < 4.78 is 2.21. The molecule has 0 radical (unpaired) electrons. The summed E-state index contributed by atoms with van der Waals surface area (Å²) in [7, 11) is 0. The lowest BCUT2D eigenvalue weighted by Gasteiger charge is -2.07. The Morgan fingerprint density at radius 3 is 1.71 bits per heavy atom. The van der Waals surface area contributed by atoms with Gasteiger partial charge in [-0.2, -0.15) is 0 Å². The number of hydrogen-bond donors (Lipinski definition) is 0. The summed E-state index contributed by atoms with van der Waals surface area (Å²) >= 11 is 0. The van der Waals surface area contributed by atoms with Crippen LogP contribution in [0.5, 0.6) is 0 Å².